The molecule has 0 aliphatic heterocycles. The number of aliphatic imine (C=N–C) groups is 1. The highest BCUT2D eigenvalue weighted by molar-refractivity contribution is 14.0. The molecule has 9 heteroatoms. The Hall–Kier alpha value is -1.000. The van der Waals surface area contributed by atoms with Gasteiger partial charge in [-0.3, -0.25) is 0 Å². The Morgan fingerprint density at radius 1 is 1.19 bits per heavy atom. The normalized spacial score (nSPS) is 11.2. The highest BCUT2D eigenvalue weighted by Gasteiger charge is 2.05. The van der Waals surface area contributed by atoms with Crippen molar-refractivity contribution in [1.82, 2.24) is 25.4 Å². The van der Waals surface area contributed by atoms with E-state index in [0.29, 0.717) is 6.54 Å². The second kappa shape index (κ2) is 13.2. The molecular weight excluding hydrogens is 495 g/mol. The molecule has 1 aromatic heterocycles. The van der Waals surface area contributed by atoms with E-state index in [2.05, 4.69) is 44.2 Å². The Kier molecular flexibility index (Phi) is 11.8. The zero-order valence-corrected chi connectivity index (χ0v) is 19.9. The van der Waals surface area contributed by atoms with Crippen molar-refractivity contribution in [1.29, 1.82) is 0 Å². The lowest BCUT2D eigenvalue weighted by atomic mass is 10.1. The Balaban J connectivity index is 0.00000364. The van der Waals surface area contributed by atoms with E-state index in [1.165, 1.54) is 5.56 Å². The van der Waals surface area contributed by atoms with Gasteiger partial charge in [-0.25, -0.2) is 4.99 Å². The third kappa shape index (κ3) is 8.69. The SMILES string of the molecule is CSCCCNC(=NCc1nnc(C)n1C)NCCc1ccc(Cl)cc1.I. The number of benzene rings is 1. The van der Waals surface area contributed by atoms with Gasteiger partial charge >= 0.3 is 0 Å². The molecule has 0 radical (unpaired) electrons. The minimum Gasteiger partial charge on any atom is -0.356 e. The van der Waals surface area contributed by atoms with Crippen molar-refractivity contribution < 1.29 is 0 Å². The first kappa shape index (κ1) is 24.0. The quantitative estimate of drug-likeness (QED) is 0.229. The van der Waals surface area contributed by atoms with Crippen LogP contribution in [-0.4, -0.2) is 45.8 Å². The molecule has 0 aliphatic rings. The maximum absolute atomic E-state index is 5.93. The predicted octanol–water partition coefficient (Wildman–Crippen LogP) is 3.43. The molecule has 0 amide bonds. The van der Waals surface area contributed by atoms with Crippen molar-refractivity contribution in [2.45, 2.75) is 26.3 Å². The fourth-order valence-electron chi connectivity index (χ4n) is 2.31. The van der Waals surface area contributed by atoms with Gasteiger partial charge in [-0.15, -0.1) is 34.2 Å². The molecule has 2 aromatic rings. The van der Waals surface area contributed by atoms with E-state index in [1.807, 2.05) is 42.4 Å². The Labute approximate surface area is 188 Å². The number of thioether (sulfide) groups is 1. The number of guanidine groups is 1. The topological polar surface area (TPSA) is 67.1 Å². The van der Waals surface area contributed by atoms with Gasteiger partial charge in [-0.2, -0.15) is 11.8 Å². The van der Waals surface area contributed by atoms with Crippen LogP contribution in [0, 0.1) is 6.92 Å². The standard InChI is InChI=1S/C18H27ClN6S.HI/c1-14-23-24-17(25(14)2)13-22-18(20-10-4-12-26-3)21-11-9-15-5-7-16(19)8-6-15;/h5-8H,4,9-13H2,1-3H3,(H2,20,21,22);1H. The molecule has 0 aliphatic carbocycles. The summed E-state index contributed by atoms with van der Waals surface area (Å²) >= 11 is 7.79. The molecular formula is C18H28ClIN6S. The van der Waals surface area contributed by atoms with Gasteiger partial charge in [0.2, 0.25) is 0 Å². The average Bonchev–Trinajstić information content (AvgIpc) is 2.96. The van der Waals surface area contributed by atoms with Crippen LogP contribution in [0.4, 0.5) is 0 Å². The fourth-order valence-corrected chi connectivity index (χ4v) is 2.87. The lowest BCUT2D eigenvalue weighted by Crippen LogP contribution is -2.39. The molecule has 0 spiro atoms. The molecule has 0 saturated heterocycles. The molecule has 1 aromatic carbocycles. The summed E-state index contributed by atoms with van der Waals surface area (Å²) in [5.74, 6) is 3.68. The van der Waals surface area contributed by atoms with E-state index in [0.717, 1.165) is 54.3 Å². The molecule has 150 valence electrons. The van der Waals surface area contributed by atoms with Crippen molar-refractivity contribution in [2.24, 2.45) is 12.0 Å². The summed E-state index contributed by atoms with van der Waals surface area (Å²) < 4.78 is 1.96. The summed E-state index contributed by atoms with van der Waals surface area (Å²) in [5, 5.41) is 15.8. The second-order valence-electron chi connectivity index (χ2n) is 5.96. The maximum atomic E-state index is 5.93. The number of rotatable bonds is 9. The summed E-state index contributed by atoms with van der Waals surface area (Å²) in [5.41, 5.74) is 1.24. The minimum atomic E-state index is 0. The first-order valence-electron chi connectivity index (χ1n) is 8.70. The number of hydrogen-bond acceptors (Lipinski definition) is 4. The van der Waals surface area contributed by atoms with E-state index in [9.17, 15) is 0 Å². The van der Waals surface area contributed by atoms with Crippen LogP contribution in [0.25, 0.3) is 0 Å². The highest BCUT2D eigenvalue weighted by Crippen LogP contribution is 2.09. The summed E-state index contributed by atoms with van der Waals surface area (Å²) in [6.45, 7) is 4.13. The zero-order chi connectivity index (χ0) is 18.8. The van der Waals surface area contributed by atoms with Gasteiger partial charge in [0.25, 0.3) is 0 Å². The van der Waals surface area contributed by atoms with Gasteiger partial charge in [0.15, 0.2) is 11.8 Å². The monoisotopic (exact) mass is 522 g/mol. The van der Waals surface area contributed by atoms with Crippen molar-refractivity contribution in [3.63, 3.8) is 0 Å². The Bertz CT molecular complexity index is 704. The second-order valence-corrected chi connectivity index (χ2v) is 7.39. The third-order valence-electron chi connectivity index (χ3n) is 4.00. The molecule has 1 heterocycles. The van der Waals surface area contributed by atoms with Gasteiger partial charge in [-0.05, 0) is 49.5 Å². The summed E-state index contributed by atoms with van der Waals surface area (Å²) in [4.78, 5) is 4.65. The van der Waals surface area contributed by atoms with Crippen molar-refractivity contribution in [2.75, 3.05) is 25.1 Å². The fraction of sp³-hybridized carbons (Fsp3) is 0.500. The predicted molar refractivity (Wildman–Crippen MR) is 126 cm³/mol. The first-order valence-corrected chi connectivity index (χ1v) is 10.5. The van der Waals surface area contributed by atoms with E-state index >= 15 is 0 Å². The maximum Gasteiger partial charge on any atom is 0.191 e. The largest absolute Gasteiger partial charge is 0.356 e. The van der Waals surface area contributed by atoms with E-state index in [4.69, 9.17) is 11.6 Å². The minimum absolute atomic E-state index is 0. The van der Waals surface area contributed by atoms with Gasteiger partial charge in [0.05, 0.1) is 0 Å². The number of halogens is 2. The number of hydrogen-bond donors (Lipinski definition) is 2. The highest BCUT2D eigenvalue weighted by atomic mass is 127. The van der Waals surface area contributed by atoms with Crippen LogP contribution >= 0.6 is 47.3 Å². The summed E-state index contributed by atoms with van der Waals surface area (Å²) in [6.07, 6.45) is 4.13. The van der Waals surface area contributed by atoms with Crippen LogP contribution in [0.1, 0.15) is 23.6 Å². The van der Waals surface area contributed by atoms with Crippen molar-refractivity contribution >= 4 is 53.3 Å². The van der Waals surface area contributed by atoms with Crippen LogP contribution in [0.3, 0.4) is 0 Å². The molecule has 2 rings (SSSR count). The van der Waals surface area contributed by atoms with Crippen LogP contribution in [0.15, 0.2) is 29.3 Å². The number of aryl methyl sites for hydroxylation is 1. The Morgan fingerprint density at radius 3 is 2.52 bits per heavy atom. The van der Waals surface area contributed by atoms with Crippen LogP contribution in [0.2, 0.25) is 5.02 Å². The average molecular weight is 523 g/mol. The van der Waals surface area contributed by atoms with Gasteiger partial charge in [-0.1, -0.05) is 23.7 Å². The summed E-state index contributed by atoms with van der Waals surface area (Å²) in [6, 6.07) is 7.94. The van der Waals surface area contributed by atoms with Crippen LogP contribution in [0.5, 0.6) is 0 Å². The van der Waals surface area contributed by atoms with Gasteiger partial charge in [0.1, 0.15) is 12.4 Å². The molecule has 0 bridgehead atoms. The lowest BCUT2D eigenvalue weighted by molar-refractivity contribution is 0.742. The lowest BCUT2D eigenvalue weighted by Gasteiger charge is -2.12. The third-order valence-corrected chi connectivity index (χ3v) is 4.95. The molecule has 0 atom stereocenters. The number of aromatic nitrogens is 3. The van der Waals surface area contributed by atoms with E-state index in [-0.39, 0.29) is 24.0 Å². The molecule has 0 fully saturated rings. The number of nitrogens with one attached hydrogen (secondary N) is 2. The smallest absolute Gasteiger partial charge is 0.191 e. The zero-order valence-electron chi connectivity index (χ0n) is 16.0. The Morgan fingerprint density at radius 2 is 1.89 bits per heavy atom. The molecule has 0 saturated carbocycles. The van der Waals surface area contributed by atoms with Crippen molar-refractivity contribution in [3.8, 4) is 0 Å². The van der Waals surface area contributed by atoms with E-state index in [1.54, 1.807) is 0 Å². The van der Waals surface area contributed by atoms with Gasteiger partial charge in [0, 0.05) is 25.2 Å². The first-order chi connectivity index (χ1) is 12.6. The summed E-state index contributed by atoms with van der Waals surface area (Å²) in [7, 11) is 1.96. The molecule has 0 unspecified atom stereocenters. The number of nitrogens with zero attached hydrogens (tertiary/aromatic N) is 4. The van der Waals surface area contributed by atoms with E-state index < -0.39 is 0 Å². The van der Waals surface area contributed by atoms with Crippen molar-refractivity contribution in [3.05, 3.63) is 46.5 Å². The molecule has 27 heavy (non-hydrogen) atoms. The van der Waals surface area contributed by atoms with Crippen LogP contribution < -0.4 is 10.6 Å². The van der Waals surface area contributed by atoms with Gasteiger partial charge < -0.3 is 15.2 Å². The molecule has 6 nitrogen and oxygen atoms in total. The van der Waals surface area contributed by atoms with Crippen LogP contribution in [-0.2, 0) is 20.0 Å². The molecule has 2 N–H and O–H groups in total.